The van der Waals surface area contributed by atoms with E-state index < -0.39 is 9.84 Å². The van der Waals surface area contributed by atoms with Gasteiger partial charge >= 0.3 is 0 Å². The summed E-state index contributed by atoms with van der Waals surface area (Å²) in [4.78, 5) is 6.35. The van der Waals surface area contributed by atoms with E-state index in [0.29, 0.717) is 49.2 Å². The minimum absolute atomic E-state index is 0. The van der Waals surface area contributed by atoms with Crippen molar-refractivity contribution in [1.82, 2.24) is 15.5 Å². The molecule has 7 nitrogen and oxygen atoms in total. The second-order valence-electron chi connectivity index (χ2n) is 7.52. The number of ether oxygens (including phenoxy) is 1. The smallest absolute Gasteiger partial charge is 0.191 e. The van der Waals surface area contributed by atoms with Gasteiger partial charge in [-0.25, -0.2) is 12.8 Å². The molecule has 2 fully saturated rings. The number of morpholine rings is 1. The summed E-state index contributed by atoms with van der Waals surface area (Å²) in [7, 11) is -1.37. The monoisotopic (exact) mass is 574 g/mol. The molecular weight excluding hydrogens is 546 g/mol. The van der Waals surface area contributed by atoms with E-state index in [-0.39, 0.29) is 59.5 Å². The molecule has 0 bridgehead atoms. The third kappa shape index (κ3) is 6.65. The van der Waals surface area contributed by atoms with Crippen LogP contribution in [0.2, 0.25) is 5.02 Å². The molecule has 2 aliphatic heterocycles. The summed E-state index contributed by atoms with van der Waals surface area (Å²) in [6.45, 7) is 4.24. The van der Waals surface area contributed by atoms with Gasteiger partial charge < -0.3 is 15.4 Å². The summed E-state index contributed by atoms with van der Waals surface area (Å²) in [5, 5.41) is 6.76. The van der Waals surface area contributed by atoms with Gasteiger partial charge in [-0.05, 0) is 25.5 Å². The normalized spacial score (nSPS) is 25.4. The number of hydrogen-bond donors (Lipinski definition) is 2. The first kappa shape index (κ1) is 25.6. The molecule has 170 valence electrons. The number of halogens is 3. The van der Waals surface area contributed by atoms with Crippen LogP contribution in [0.25, 0.3) is 0 Å². The SMILES string of the molecule is CN=C(NCC(c1c(F)cccc1Cl)N1CCOC(C)C1)NC1CCS(=O)(=O)C1.I. The van der Waals surface area contributed by atoms with E-state index in [1.807, 2.05) is 6.92 Å². The highest BCUT2D eigenvalue weighted by molar-refractivity contribution is 14.0. The topological polar surface area (TPSA) is 83.0 Å². The average molecular weight is 575 g/mol. The summed E-state index contributed by atoms with van der Waals surface area (Å²) in [6, 6.07) is 4.20. The number of guanidine groups is 1. The molecule has 3 rings (SSSR count). The van der Waals surface area contributed by atoms with Crippen molar-refractivity contribution in [2.24, 2.45) is 4.99 Å². The van der Waals surface area contributed by atoms with Crippen LogP contribution in [0.1, 0.15) is 24.9 Å². The van der Waals surface area contributed by atoms with Gasteiger partial charge in [-0.2, -0.15) is 0 Å². The van der Waals surface area contributed by atoms with Crippen LogP contribution in [0, 0.1) is 5.82 Å². The van der Waals surface area contributed by atoms with E-state index in [4.69, 9.17) is 16.3 Å². The van der Waals surface area contributed by atoms with E-state index in [0.717, 1.165) is 0 Å². The molecule has 11 heteroatoms. The number of hydrogen-bond acceptors (Lipinski definition) is 5. The highest BCUT2D eigenvalue weighted by Crippen LogP contribution is 2.31. The second-order valence-corrected chi connectivity index (χ2v) is 10.2. The maximum absolute atomic E-state index is 14.7. The summed E-state index contributed by atoms with van der Waals surface area (Å²) in [6.07, 6.45) is 0.588. The lowest BCUT2D eigenvalue weighted by Crippen LogP contribution is -2.50. The zero-order valence-corrected chi connectivity index (χ0v) is 21.0. The van der Waals surface area contributed by atoms with E-state index in [1.165, 1.54) is 6.07 Å². The fraction of sp³-hybridized carbons (Fsp3) is 0.632. The van der Waals surface area contributed by atoms with E-state index in [2.05, 4.69) is 20.5 Å². The van der Waals surface area contributed by atoms with Crippen LogP contribution in [0.15, 0.2) is 23.2 Å². The molecule has 0 radical (unpaired) electrons. The fourth-order valence-corrected chi connectivity index (χ4v) is 5.82. The Labute approximate surface area is 199 Å². The van der Waals surface area contributed by atoms with Crippen molar-refractivity contribution in [3.63, 3.8) is 0 Å². The molecule has 0 saturated carbocycles. The summed E-state index contributed by atoms with van der Waals surface area (Å²) in [5.74, 6) is 0.414. The van der Waals surface area contributed by atoms with Gasteiger partial charge in [-0.3, -0.25) is 9.89 Å². The van der Waals surface area contributed by atoms with Gasteiger partial charge in [0.2, 0.25) is 0 Å². The number of benzene rings is 1. The molecule has 0 amide bonds. The zero-order chi connectivity index (χ0) is 21.0. The predicted octanol–water partition coefficient (Wildman–Crippen LogP) is 2.21. The molecule has 2 heterocycles. The van der Waals surface area contributed by atoms with Crippen molar-refractivity contribution >= 4 is 51.4 Å². The molecule has 2 aliphatic rings. The molecule has 1 aromatic carbocycles. The molecule has 2 N–H and O–H groups in total. The Morgan fingerprint density at radius 2 is 2.23 bits per heavy atom. The lowest BCUT2D eigenvalue weighted by Gasteiger charge is -2.38. The van der Waals surface area contributed by atoms with Gasteiger partial charge in [-0.15, -0.1) is 24.0 Å². The van der Waals surface area contributed by atoms with Gasteiger partial charge in [0.25, 0.3) is 0 Å². The number of rotatable bonds is 5. The molecule has 0 spiro atoms. The number of nitrogens with zero attached hydrogens (tertiary/aromatic N) is 2. The first-order chi connectivity index (χ1) is 13.8. The lowest BCUT2D eigenvalue weighted by molar-refractivity contribution is -0.0343. The first-order valence-corrected chi connectivity index (χ1v) is 12.0. The van der Waals surface area contributed by atoms with Crippen molar-refractivity contribution in [2.75, 3.05) is 44.8 Å². The lowest BCUT2D eigenvalue weighted by atomic mass is 10.0. The number of sulfone groups is 1. The van der Waals surface area contributed by atoms with Crippen molar-refractivity contribution < 1.29 is 17.5 Å². The Morgan fingerprint density at radius 3 is 2.83 bits per heavy atom. The summed E-state index contributed by atoms with van der Waals surface area (Å²) < 4.78 is 43.7. The molecule has 3 unspecified atom stereocenters. The minimum atomic E-state index is -2.99. The molecule has 0 aromatic heterocycles. The van der Waals surface area contributed by atoms with Crippen LogP contribution >= 0.6 is 35.6 Å². The molecule has 3 atom stereocenters. The van der Waals surface area contributed by atoms with Crippen LogP contribution < -0.4 is 10.6 Å². The average Bonchev–Trinajstić information content (AvgIpc) is 3.01. The quantitative estimate of drug-likeness (QED) is 0.319. The molecule has 30 heavy (non-hydrogen) atoms. The fourth-order valence-electron chi connectivity index (χ4n) is 3.86. The van der Waals surface area contributed by atoms with Gasteiger partial charge in [-0.1, -0.05) is 17.7 Å². The first-order valence-electron chi connectivity index (χ1n) is 9.76. The molecule has 0 aliphatic carbocycles. The number of aliphatic imine (C=N–C) groups is 1. The molecular formula is C19H29ClFIN4O3S. The van der Waals surface area contributed by atoms with Crippen LogP contribution in [0.3, 0.4) is 0 Å². The summed E-state index contributed by atoms with van der Waals surface area (Å²) in [5.41, 5.74) is 0.440. The Bertz CT molecular complexity index is 838. The maximum atomic E-state index is 14.7. The minimum Gasteiger partial charge on any atom is -0.376 e. The third-order valence-electron chi connectivity index (χ3n) is 5.31. The third-order valence-corrected chi connectivity index (χ3v) is 7.40. The molecule has 2 saturated heterocycles. The standard InChI is InChI=1S/C19H28ClFN4O3S.HI/c1-13-11-25(7-8-28-13)17(18-15(20)4-3-5-16(18)21)10-23-19(22-2)24-14-6-9-29(26,27)12-14;/h3-5,13-14,17H,6-12H2,1-2H3,(H2,22,23,24);1H. The summed E-state index contributed by atoms with van der Waals surface area (Å²) >= 11 is 6.36. The zero-order valence-electron chi connectivity index (χ0n) is 17.1. The van der Waals surface area contributed by atoms with Gasteiger partial charge in [0.05, 0.1) is 30.3 Å². The van der Waals surface area contributed by atoms with E-state index in [9.17, 15) is 12.8 Å². The predicted molar refractivity (Wildman–Crippen MR) is 128 cm³/mol. The second kappa shape index (κ2) is 11.3. The highest BCUT2D eigenvalue weighted by Gasteiger charge is 2.31. The largest absolute Gasteiger partial charge is 0.376 e. The van der Waals surface area contributed by atoms with Gasteiger partial charge in [0, 0.05) is 43.3 Å². The Hall–Kier alpha value is -0.690. The van der Waals surface area contributed by atoms with E-state index >= 15 is 0 Å². The number of nitrogens with one attached hydrogen (secondary N) is 2. The maximum Gasteiger partial charge on any atom is 0.191 e. The van der Waals surface area contributed by atoms with Crippen molar-refractivity contribution in [3.05, 3.63) is 34.6 Å². The Kier molecular flexibility index (Phi) is 9.59. The van der Waals surface area contributed by atoms with Crippen molar-refractivity contribution in [1.29, 1.82) is 0 Å². The Balaban J connectivity index is 0.00000320. The van der Waals surface area contributed by atoms with E-state index in [1.54, 1.807) is 19.2 Å². The van der Waals surface area contributed by atoms with Gasteiger partial charge in [0.15, 0.2) is 15.8 Å². The van der Waals surface area contributed by atoms with Crippen LogP contribution in [0.5, 0.6) is 0 Å². The Morgan fingerprint density at radius 1 is 1.47 bits per heavy atom. The van der Waals surface area contributed by atoms with Crippen LogP contribution in [0.4, 0.5) is 4.39 Å². The highest BCUT2D eigenvalue weighted by atomic mass is 127. The van der Waals surface area contributed by atoms with Crippen molar-refractivity contribution in [2.45, 2.75) is 31.5 Å². The van der Waals surface area contributed by atoms with Crippen LogP contribution in [-0.4, -0.2) is 76.2 Å². The van der Waals surface area contributed by atoms with Crippen molar-refractivity contribution in [3.8, 4) is 0 Å². The van der Waals surface area contributed by atoms with Gasteiger partial charge in [0.1, 0.15) is 5.82 Å². The van der Waals surface area contributed by atoms with Crippen LogP contribution in [-0.2, 0) is 14.6 Å². The molecule has 1 aromatic rings.